The molecule has 0 aliphatic rings. The first-order valence-electron chi connectivity index (χ1n) is 7.59. The van der Waals surface area contributed by atoms with Crippen LogP contribution in [0, 0.1) is 12.7 Å². The second-order valence-electron chi connectivity index (χ2n) is 5.50. The number of imidazole rings is 1. The van der Waals surface area contributed by atoms with E-state index in [1.54, 1.807) is 23.9 Å². The zero-order valence-electron chi connectivity index (χ0n) is 13.3. The Hall–Kier alpha value is -2.45. The molecular formula is C17H14FN5S2. The summed E-state index contributed by atoms with van der Waals surface area (Å²) in [7, 11) is 0. The smallest absolute Gasteiger partial charge is 0.210 e. The van der Waals surface area contributed by atoms with Crippen LogP contribution in [0.15, 0.2) is 53.1 Å². The molecule has 1 aromatic carbocycles. The normalized spacial score (nSPS) is 11.1. The summed E-state index contributed by atoms with van der Waals surface area (Å²) < 4.78 is 16.1. The SMILES string of the molecule is Cc1ccc2nc(CSc3nnc(Nc4cccc(F)c4)s3)cn2c1. The second kappa shape index (κ2) is 6.81. The Kier molecular flexibility index (Phi) is 4.37. The Morgan fingerprint density at radius 1 is 1.20 bits per heavy atom. The fourth-order valence-electron chi connectivity index (χ4n) is 2.37. The van der Waals surface area contributed by atoms with Crippen molar-refractivity contribution in [3.8, 4) is 0 Å². The summed E-state index contributed by atoms with van der Waals surface area (Å²) in [6, 6.07) is 10.3. The van der Waals surface area contributed by atoms with E-state index in [0.29, 0.717) is 10.8 Å². The predicted molar refractivity (Wildman–Crippen MR) is 99.1 cm³/mol. The van der Waals surface area contributed by atoms with Crippen LogP contribution in [0.3, 0.4) is 0 Å². The summed E-state index contributed by atoms with van der Waals surface area (Å²) in [5.74, 6) is 0.432. The number of halogens is 1. The molecule has 0 fully saturated rings. The zero-order valence-corrected chi connectivity index (χ0v) is 14.9. The van der Waals surface area contributed by atoms with Crippen LogP contribution in [0.1, 0.15) is 11.3 Å². The lowest BCUT2D eigenvalue weighted by molar-refractivity contribution is 0.628. The average Bonchev–Trinajstić information content (AvgIpc) is 3.19. The summed E-state index contributed by atoms with van der Waals surface area (Å²) >= 11 is 3.02. The number of thioether (sulfide) groups is 1. The number of nitrogens with zero attached hydrogens (tertiary/aromatic N) is 4. The number of benzene rings is 1. The minimum Gasteiger partial charge on any atom is -0.330 e. The number of hydrogen-bond donors (Lipinski definition) is 1. The van der Waals surface area contributed by atoms with Crippen LogP contribution in [0.2, 0.25) is 0 Å². The first-order valence-corrected chi connectivity index (χ1v) is 9.39. The van der Waals surface area contributed by atoms with Crippen molar-refractivity contribution in [2.45, 2.75) is 17.0 Å². The Morgan fingerprint density at radius 3 is 3.00 bits per heavy atom. The van der Waals surface area contributed by atoms with E-state index in [-0.39, 0.29) is 5.82 Å². The maximum atomic E-state index is 13.2. The van der Waals surface area contributed by atoms with Gasteiger partial charge in [-0.1, -0.05) is 35.2 Å². The Balaban J connectivity index is 1.42. The first kappa shape index (κ1) is 16.0. The van der Waals surface area contributed by atoms with Crippen LogP contribution in [-0.2, 0) is 5.75 Å². The van der Waals surface area contributed by atoms with E-state index < -0.39 is 0 Å². The van der Waals surface area contributed by atoms with E-state index in [4.69, 9.17) is 0 Å². The molecule has 0 radical (unpaired) electrons. The van der Waals surface area contributed by atoms with Gasteiger partial charge in [0.25, 0.3) is 0 Å². The summed E-state index contributed by atoms with van der Waals surface area (Å²) in [4.78, 5) is 4.59. The van der Waals surface area contributed by atoms with Crippen molar-refractivity contribution in [1.29, 1.82) is 0 Å². The van der Waals surface area contributed by atoms with Crippen molar-refractivity contribution in [3.63, 3.8) is 0 Å². The lowest BCUT2D eigenvalue weighted by atomic mass is 10.3. The highest BCUT2D eigenvalue weighted by Gasteiger charge is 2.08. The molecule has 3 aromatic heterocycles. The van der Waals surface area contributed by atoms with Gasteiger partial charge in [0.05, 0.1) is 5.69 Å². The van der Waals surface area contributed by atoms with Gasteiger partial charge in [0.2, 0.25) is 5.13 Å². The summed E-state index contributed by atoms with van der Waals surface area (Å²) in [6.45, 7) is 2.06. The van der Waals surface area contributed by atoms with Crippen molar-refractivity contribution in [3.05, 3.63) is 65.9 Å². The molecule has 0 unspecified atom stereocenters. The van der Waals surface area contributed by atoms with E-state index in [1.807, 2.05) is 22.7 Å². The molecule has 3 heterocycles. The van der Waals surface area contributed by atoms with Gasteiger partial charge in [-0.25, -0.2) is 9.37 Å². The molecule has 0 aliphatic heterocycles. The van der Waals surface area contributed by atoms with E-state index in [1.165, 1.54) is 29.0 Å². The van der Waals surface area contributed by atoms with Crippen molar-refractivity contribution >= 4 is 39.6 Å². The number of anilines is 2. The van der Waals surface area contributed by atoms with E-state index in [9.17, 15) is 4.39 Å². The predicted octanol–water partition coefficient (Wildman–Crippen LogP) is 4.67. The van der Waals surface area contributed by atoms with E-state index in [2.05, 4.69) is 33.6 Å². The van der Waals surface area contributed by atoms with E-state index >= 15 is 0 Å². The highest BCUT2D eigenvalue weighted by atomic mass is 32.2. The third-order valence-corrected chi connectivity index (χ3v) is 5.48. The van der Waals surface area contributed by atoms with Gasteiger partial charge in [-0.05, 0) is 36.8 Å². The van der Waals surface area contributed by atoms with Gasteiger partial charge < -0.3 is 9.72 Å². The van der Waals surface area contributed by atoms with Crippen LogP contribution in [0.5, 0.6) is 0 Å². The minimum absolute atomic E-state index is 0.286. The fraction of sp³-hybridized carbons (Fsp3) is 0.118. The molecular weight excluding hydrogens is 357 g/mol. The van der Waals surface area contributed by atoms with Gasteiger partial charge >= 0.3 is 0 Å². The number of rotatable bonds is 5. The topological polar surface area (TPSA) is 55.1 Å². The van der Waals surface area contributed by atoms with Crippen molar-refractivity contribution in [1.82, 2.24) is 19.6 Å². The zero-order chi connectivity index (χ0) is 17.2. The molecule has 0 saturated heterocycles. The van der Waals surface area contributed by atoms with Gasteiger partial charge in [-0.2, -0.15) is 0 Å². The highest BCUT2D eigenvalue weighted by Crippen LogP contribution is 2.29. The Labute approximate surface area is 151 Å². The van der Waals surface area contributed by atoms with Gasteiger partial charge in [0.1, 0.15) is 11.5 Å². The molecule has 1 N–H and O–H groups in total. The van der Waals surface area contributed by atoms with Crippen molar-refractivity contribution in [2.24, 2.45) is 0 Å². The molecule has 0 saturated carbocycles. The molecule has 4 rings (SSSR count). The van der Waals surface area contributed by atoms with Crippen molar-refractivity contribution in [2.75, 3.05) is 5.32 Å². The van der Waals surface area contributed by atoms with Crippen LogP contribution in [0.4, 0.5) is 15.2 Å². The lowest BCUT2D eigenvalue weighted by Crippen LogP contribution is -1.89. The molecule has 0 aliphatic carbocycles. The number of pyridine rings is 1. The number of hydrogen-bond acceptors (Lipinski definition) is 6. The van der Waals surface area contributed by atoms with Gasteiger partial charge in [-0.15, -0.1) is 10.2 Å². The molecule has 0 spiro atoms. The number of fused-ring (bicyclic) bond motifs is 1. The summed E-state index contributed by atoms with van der Waals surface area (Å²) in [6.07, 6.45) is 4.09. The largest absolute Gasteiger partial charge is 0.330 e. The molecule has 5 nitrogen and oxygen atoms in total. The number of aromatic nitrogens is 4. The Morgan fingerprint density at radius 2 is 2.12 bits per heavy atom. The quantitative estimate of drug-likeness (QED) is 0.517. The highest BCUT2D eigenvalue weighted by molar-refractivity contribution is 8.00. The molecule has 126 valence electrons. The average molecular weight is 371 g/mol. The molecule has 4 aromatic rings. The summed E-state index contributed by atoms with van der Waals surface area (Å²) in [5.41, 5.74) is 3.78. The third-order valence-electron chi connectivity index (χ3n) is 3.47. The molecule has 0 bridgehead atoms. The second-order valence-corrected chi connectivity index (χ2v) is 7.70. The van der Waals surface area contributed by atoms with Gasteiger partial charge in [0.15, 0.2) is 4.34 Å². The van der Waals surface area contributed by atoms with Crippen molar-refractivity contribution < 1.29 is 4.39 Å². The molecule has 0 atom stereocenters. The number of nitrogens with one attached hydrogen (secondary N) is 1. The van der Waals surface area contributed by atoms with Crippen LogP contribution in [-0.4, -0.2) is 19.6 Å². The van der Waals surface area contributed by atoms with Crippen LogP contribution < -0.4 is 5.32 Å². The van der Waals surface area contributed by atoms with Gasteiger partial charge in [-0.3, -0.25) is 0 Å². The molecule has 25 heavy (non-hydrogen) atoms. The monoisotopic (exact) mass is 371 g/mol. The standard InChI is InChI=1S/C17H14FN5S2/c1-11-5-6-15-19-14(9-23(15)8-11)10-24-17-22-21-16(25-17)20-13-4-2-3-12(18)7-13/h2-9H,10H2,1H3,(H,20,21). The van der Waals surface area contributed by atoms with Crippen LogP contribution in [0.25, 0.3) is 5.65 Å². The maximum Gasteiger partial charge on any atom is 0.210 e. The maximum absolute atomic E-state index is 13.2. The molecule has 0 amide bonds. The van der Waals surface area contributed by atoms with Crippen LogP contribution >= 0.6 is 23.1 Å². The lowest BCUT2D eigenvalue weighted by Gasteiger charge is -2.00. The van der Waals surface area contributed by atoms with E-state index in [0.717, 1.165) is 21.4 Å². The number of aryl methyl sites for hydroxylation is 1. The Bertz CT molecular complexity index is 1030. The van der Waals surface area contributed by atoms with Gasteiger partial charge in [0, 0.05) is 23.8 Å². The first-order chi connectivity index (χ1) is 12.2. The molecule has 8 heteroatoms. The third kappa shape index (κ3) is 3.80. The summed E-state index contributed by atoms with van der Waals surface area (Å²) in [5, 5.41) is 12.0. The fourth-order valence-corrected chi connectivity index (χ4v) is 4.02. The minimum atomic E-state index is -0.286.